The maximum atomic E-state index is 3.53. The van der Waals surface area contributed by atoms with E-state index in [2.05, 4.69) is 36.1 Å². The first-order valence-electron chi connectivity index (χ1n) is 7.01. The molecule has 2 rings (SSSR count). The Morgan fingerprint density at radius 1 is 1.41 bits per heavy atom. The summed E-state index contributed by atoms with van der Waals surface area (Å²) in [5, 5.41) is 8.03. The van der Waals surface area contributed by atoms with Crippen molar-refractivity contribution in [1.82, 2.24) is 5.32 Å². The van der Waals surface area contributed by atoms with E-state index in [0.717, 1.165) is 17.9 Å². The van der Waals surface area contributed by atoms with Crippen LogP contribution >= 0.6 is 11.3 Å². The zero-order valence-corrected chi connectivity index (χ0v) is 11.9. The van der Waals surface area contributed by atoms with Gasteiger partial charge in [-0.05, 0) is 73.4 Å². The van der Waals surface area contributed by atoms with Crippen LogP contribution in [0, 0.1) is 11.8 Å². The van der Waals surface area contributed by atoms with Crippen LogP contribution in [0.25, 0.3) is 0 Å². The van der Waals surface area contributed by atoms with Gasteiger partial charge in [0.2, 0.25) is 0 Å². The predicted molar refractivity (Wildman–Crippen MR) is 76.6 cm³/mol. The molecule has 0 radical (unpaired) electrons. The molecule has 1 saturated carbocycles. The van der Waals surface area contributed by atoms with Gasteiger partial charge in [-0.15, -0.1) is 0 Å². The quantitative estimate of drug-likeness (QED) is 0.831. The van der Waals surface area contributed by atoms with E-state index in [1.54, 1.807) is 0 Å². The second kappa shape index (κ2) is 6.55. The SMILES string of the molecule is CCC1CCC(NC)C(CCc2ccsc2)C1. The number of rotatable bonds is 5. The molecule has 0 bridgehead atoms. The highest BCUT2D eigenvalue weighted by atomic mass is 32.1. The summed E-state index contributed by atoms with van der Waals surface area (Å²) in [6, 6.07) is 3.04. The van der Waals surface area contributed by atoms with Crippen molar-refractivity contribution in [2.75, 3.05) is 7.05 Å². The van der Waals surface area contributed by atoms with E-state index in [1.165, 1.54) is 44.1 Å². The fourth-order valence-corrected chi connectivity index (χ4v) is 3.92. The minimum absolute atomic E-state index is 0.761. The molecule has 1 nitrogen and oxygen atoms in total. The Morgan fingerprint density at radius 3 is 2.94 bits per heavy atom. The first kappa shape index (κ1) is 13.1. The summed E-state index contributed by atoms with van der Waals surface area (Å²) >= 11 is 1.82. The van der Waals surface area contributed by atoms with E-state index in [4.69, 9.17) is 0 Å². The summed E-state index contributed by atoms with van der Waals surface area (Å²) in [5.41, 5.74) is 1.53. The smallest absolute Gasteiger partial charge is 0.00926 e. The summed E-state index contributed by atoms with van der Waals surface area (Å²) in [5.74, 6) is 1.87. The van der Waals surface area contributed by atoms with E-state index in [0.29, 0.717) is 0 Å². The molecule has 96 valence electrons. The first-order chi connectivity index (χ1) is 8.33. The van der Waals surface area contributed by atoms with Gasteiger partial charge in [0, 0.05) is 6.04 Å². The van der Waals surface area contributed by atoms with E-state index < -0.39 is 0 Å². The number of aryl methyl sites for hydroxylation is 1. The third-order valence-electron chi connectivity index (χ3n) is 4.42. The molecule has 0 saturated heterocycles. The second-order valence-electron chi connectivity index (χ2n) is 5.41. The summed E-state index contributed by atoms with van der Waals surface area (Å²) in [6.45, 7) is 2.35. The highest BCUT2D eigenvalue weighted by Gasteiger charge is 2.28. The highest BCUT2D eigenvalue weighted by Crippen LogP contribution is 2.33. The first-order valence-corrected chi connectivity index (χ1v) is 7.96. The average molecular weight is 251 g/mol. The van der Waals surface area contributed by atoms with Crippen molar-refractivity contribution in [2.24, 2.45) is 11.8 Å². The van der Waals surface area contributed by atoms with Crippen LogP contribution in [0.4, 0.5) is 0 Å². The monoisotopic (exact) mass is 251 g/mol. The molecule has 0 aliphatic heterocycles. The van der Waals surface area contributed by atoms with Gasteiger partial charge in [0.05, 0.1) is 0 Å². The number of nitrogens with one attached hydrogen (secondary N) is 1. The Kier molecular flexibility index (Phi) is 5.05. The molecular formula is C15H25NS. The van der Waals surface area contributed by atoms with Gasteiger partial charge in [-0.3, -0.25) is 0 Å². The Morgan fingerprint density at radius 2 is 2.29 bits per heavy atom. The lowest BCUT2D eigenvalue weighted by molar-refractivity contribution is 0.196. The lowest BCUT2D eigenvalue weighted by Crippen LogP contribution is -2.38. The molecule has 1 fully saturated rings. The molecule has 17 heavy (non-hydrogen) atoms. The summed E-state index contributed by atoms with van der Waals surface area (Å²) in [6.07, 6.45) is 8.24. The summed E-state index contributed by atoms with van der Waals surface area (Å²) in [7, 11) is 2.13. The van der Waals surface area contributed by atoms with Crippen LogP contribution in [0.5, 0.6) is 0 Å². The van der Waals surface area contributed by atoms with Gasteiger partial charge < -0.3 is 5.32 Å². The van der Waals surface area contributed by atoms with Gasteiger partial charge in [-0.1, -0.05) is 13.3 Å². The summed E-state index contributed by atoms with van der Waals surface area (Å²) < 4.78 is 0. The van der Waals surface area contributed by atoms with Gasteiger partial charge >= 0.3 is 0 Å². The maximum absolute atomic E-state index is 3.53. The Labute approximate surface area is 110 Å². The molecular weight excluding hydrogens is 226 g/mol. The molecule has 3 atom stereocenters. The fraction of sp³-hybridized carbons (Fsp3) is 0.733. The number of hydrogen-bond donors (Lipinski definition) is 1. The second-order valence-corrected chi connectivity index (χ2v) is 6.19. The van der Waals surface area contributed by atoms with E-state index in [-0.39, 0.29) is 0 Å². The zero-order chi connectivity index (χ0) is 12.1. The standard InChI is InChI=1S/C15H25NS/c1-3-12-5-7-15(16-2)14(10-12)6-4-13-8-9-17-11-13/h8-9,11-12,14-16H,3-7,10H2,1-2H3. The van der Waals surface area contributed by atoms with Crippen LogP contribution in [0.15, 0.2) is 16.8 Å². The van der Waals surface area contributed by atoms with Crippen molar-refractivity contribution in [2.45, 2.75) is 51.5 Å². The van der Waals surface area contributed by atoms with Crippen LogP contribution in [-0.4, -0.2) is 13.1 Å². The van der Waals surface area contributed by atoms with Crippen LogP contribution in [0.1, 0.15) is 44.6 Å². The Bertz CT molecular complexity index is 307. The van der Waals surface area contributed by atoms with Crippen molar-refractivity contribution in [3.63, 3.8) is 0 Å². The third-order valence-corrected chi connectivity index (χ3v) is 5.16. The largest absolute Gasteiger partial charge is 0.317 e. The van der Waals surface area contributed by atoms with Crippen molar-refractivity contribution in [1.29, 1.82) is 0 Å². The molecule has 3 unspecified atom stereocenters. The minimum Gasteiger partial charge on any atom is -0.317 e. The van der Waals surface area contributed by atoms with Crippen molar-refractivity contribution >= 4 is 11.3 Å². The van der Waals surface area contributed by atoms with Gasteiger partial charge in [-0.25, -0.2) is 0 Å². The van der Waals surface area contributed by atoms with Gasteiger partial charge in [0.1, 0.15) is 0 Å². The van der Waals surface area contributed by atoms with Crippen LogP contribution < -0.4 is 5.32 Å². The Hall–Kier alpha value is -0.340. The molecule has 2 heteroatoms. The van der Waals surface area contributed by atoms with Crippen molar-refractivity contribution in [3.05, 3.63) is 22.4 Å². The Balaban J connectivity index is 1.86. The lowest BCUT2D eigenvalue weighted by atomic mass is 9.75. The van der Waals surface area contributed by atoms with Crippen LogP contribution in [0.3, 0.4) is 0 Å². The van der Waals surface area contributed by atoms with Crippen molar-refractivity contribution in [3.8, 4) is 0 Å². The van der Waals surface area contributed by atoms with Gasteiger partial charge in [-0.2, -0.15) is 11.3 Å². The number of thiophene rings is 1. The van der Waals surface area contributed by atoms with Crippen molar-refractivity contribution < 1.29 is 0 Å². The highest BCUT2D eigenvalue weighted by molar-refractivity contribution is 7.07. The normalized spacial score (nSPS) is 29.4. The zero-order valence-electron chi connectivity index (χ0n) is 11.1. The molecule has 0 aromatic carbocycles. The number of hydrogen-bond acceptors (Lipinski definition) is 2. The van der Waals surface area contributed by atoms with E-state index in [9.17, 15) is 0 Å². The molecule has 1 aromatic rings. The van der Waals surface area contributed by atoms with Gasteiger partial charge in [0.15, 0.2) is 0 Å². The molecule has 1 aliphatic rings. The topological polar surface area (TPSA) is 12.0 Å². The molecule has 1 N–H and O–H groups in total. The molecule has 0 amide bonds. The van der Waals surface area contributed by atoms with Crippen LogP contribution in [-0.2, 0) is 6.42 Å². The molecule has 1 aromatic heterocycles. The summed E-state index contributed by atoms with van der Waals surface area (Å²) in [4.78, 5) is 0. The lowest BCUT2D eigenvalue weighted by Gasteiger charge is -2.36. The average Bonchev–Trinajstić information content (AvgIpc) is 2.89. The fourth-order valence-electron chi connectivity index (χ4n) is 3.22. The van der Waals surface area contributed by atoms with E-state index in [1.807, 2.05) is 11.3 Å². The molecule has 1 heterocycles. The van der Waals surface area contributed by atoms with E-state index >= 15 is 0 Å². The third kappa shape index (κ3) is 3.56. The molecule has 0 spiro atoms. The van der Waals surface area contributed by atoms with Crippen LogP contribution in [0.2, 0.25) is 0 Å². The predicted octanol–water partition coefficient (Wildman–Crippen LogP) is 4.10. The molecule has 1 aliphatic carbocycles. The maximum Gasteiger partial charge on any atom is 0.00926 e. The minimum atomic E-state index is 0.761. The van der Waals surface area contributed by atoms with Gasteiger partial charge in [0.25, 0.3) is 0 Å².